The van der Waals surface area contributed by atoms with Gasteiger partial charge < -0.3 is 9.52 Å². The van der Waals surface area contributed by atoms with Crippen molar-refractivity contribution >= 4 is 5.97 Å². The summed E-state index contributed by atoms with van der Waals surface area (Å²) in [5, 5.41) is 16.5. The fourth-order valence-electron chi connectivity index (χ4n) is 2.32. The summed E-state index contributed by atoms with van der Waals surface area (Å²) in [6, 6.07) is 0. The Labute approximate surface area is 100 Å². The van der Waals surface area contributed by atoms with E-state index in [1.165, 1.54) is 25.7 Å². The summed E-state index contributed by atoms with van der Waals surface area (Å²) in [5.74, 6) is 1.19. The van der Waals surface area contributed by atoms with Crippen molar-refractivity contribution in [1.29, 1.82) is 0 Å². The molecule has 1 fully saturated rings. The van der Waals surface area contributed by atoms with Crippen LogP contribution in [0.3, 0.4) is 0 Å². The number of hydrogen-bond donors (Lipinski definition) is 1. The van der Waals surface area contributed by atoms with Crippen molar-refractivity contribution < 1.29 is 14.3 Å². The molecule has 1 saturated carbocycles. The number of hydrogen-bond acceptors (Lipinski definition) is 4. The summed E-state index contributed by atoms with van der Waals surface area (Å²) in [7, 11) is 0. The van der Waals surface area contributed by atoms with Gasteiger partial charge >= 0.3 is 5.97 Å². The third-order valence-electron chi connectivity index (χ3n) is 3.23. The summed E-state index contributed by atoms with van der Waals surface area (Å²) in [5.41, 5.74) is 0. The summed E-state index contributed by atoms with van der Waals surface area (Å²) in [6.45, 7) is 0. The van der Waals surface area contributed by atoms with Gasteiger partial charge in [-0.15, -0.1) is 10.2 Å². The molecular weight excluding hydrogens is 220 g/mol. The maximum Gasteiger partial charge on any atom is 0.303 e. The molecule has 1 heterocycles. The molecule has 0 unspecified atom stereocenters. The molecule has 5 nitrogen and oxygen atoms in total. The standard InChI is InChI=1S/C12H18N2O3/c15-12(16)7-3-6-10-13-14-11(17-10)8-9-4-1-2-5-9/h9H,1-8H2,(H,15,16). The van der Waals surface area contributed by atoms with Crippen LogP contribution in [0.25, 0.3) is 0 Å². The Morgan fingerprint density at radius 3 is 2.71 bits per heavy atom. The SMILES string of the molecule is O=C(O)CCCc1nnc(CC2CCCC2)o1. The molecule has 1 N–H and O–H groups in total. The zero-order chi connectivity index (χ0) is 12.1. The lowest BCUT2D eigenvalue weighted by Gasteiger charge is -2.03. The Morgan fingerprint density at radius 2 is 2.00 bits per heavy atom. The van der Waals surface area contributed by atoms with E-state index in [4.69, 9.17) is 9.52 Å². The summed E-state index contributed by atoms with van der Waals surface area (Å²) in [6.07, 6.45) is 7.29. The van der Waals surface area contributed by atoms with E-state index in [-0.39, 0.29) is 6.42 Å². The molecule has 1 aliphatic carbocycles. The largest absolute Gasteiger partial charge is 0.481 e. The Kier molecular flexibility index (Phi) is 4.12. The molecule has 17 heavy (non-hydrogen) atoms. The van der Waals surface area contributed by atoms with Crippen LogP contribution in [-0.2, 0) is 17.6 Å². The number of aromatic nitrogens is 2. The van der Waals surface area contributed by atoms with Crippen LogP contribution >= 0.6 is 0 Å². The van der Waals surface area contributed by atoms with E-state index in [0.29, 0.717) is 30.5 Å². The minimum atomic E-state index is -0.782. The highest BCUT2D eigenvalue weighted by Gasteiger charge is 2.18. The molecule has 0 spiro atoms. The van der Waals surface area contributed by atoms with E-state index in [2.05, 4.69) is 10.2 Å². The third-order valence-corrected chi connectivity index (χ3v) is 3.23. The first-order chi connectivity index (χ1) is 8.24. The topological polar surface area (TPSA) is 76.2 Å². The van der Waals surface area contributed by atoms with Crippen LogP contribution in [0.2, 0.25) is 0 Å². The first-order valence-corrected chi connectivity index (χ1v) is 6.27. The number of aryl methyl sites for hydroxylation is 1. The van der Waals surface area contributed by atoms with Gasteiger partial charge in [-0.3, -0.25) is 4.79 Å². The van der Waals surface area contributed by atoms with Gasteiger partial charge in [-0.25, -0.2) is 0 Å². The predicted octanol–water partition coefficient (Wildman–Crippen LogP) is 2.21. The van der Waals surface area contributed by atoms with Crippen molar-refractivity contribution in [1.82, 2.24) is 10.2 Å². The monoisotopic (exact) mass is 238 g/mol. The van der Waals surface area contributed by atoms with Gasteiger partial charge in [-0.05, 0) is 25.2 Å². The molecule has 1 aromatic rings. The molecule has 2 rings (SSSR count). The minimum absolute atomic E-state index is 0.153. The lowest BCUT2D eigenvalue weighted by molar-refractivity contribution is -0.137. The highest BCUT2D eigenvalue weighted by atomic mass is 16.4. The van der Waals surface area contributed by atoms with E-state index >= 15 is 0 Å². The van der Waals surface area contributed by atoms with Gasteiger partial charge in [-0.1, -0.05) is 12.8 Å². The highest BCUT2D eigenvalue weighted by Crippen LogP contribution is 2.27. The molecule has 5 heteroatoms. The molecule has 0 radical (unpaired) electrons. The average molecular weight is 238 g/mol. The lowest BCUT2D eigenvalue weighted by Crippen LogP contribution is -1.98. The molecule has 0 atom stereocenters. The number of carboxylic acids is 1. The number of aliphatic carboxylic acids is 1. The maximum absolute atomic E-state index is 10.4. The zero-order valence-electron chi connectivity index (χ0n) is 9.89. The molecular formula is C12H18N2O3. The van der Waals surface area contributed by atoms with Gasteiger partial charge in [0.2, 0.25) is 11.8 Å². The molecule has 1 aromatic heterocycles. The van der Waals surface area contributed by atoms with Crippen LogP contribution in [0, 0.1) is 5.92 Å². The van der Waals surface area contributed by atoms with Crippen molar-refractivity contribution in [3.63, 3.8) is 0 Å². The first kappa shape index (κ1) is 12.1. The maximum atomic E-state index is 10.4. The van der Waals surface area contributed by atoms with Gasteiger partial charge in [0, 0.05) is 19.3 Å². The first-order valence-electron chi connectivity index (χ1n) is 6.27. The summed E-state index contributed by atoms with van der Waals surface area (Å²) < 4.78 is 5.51. The summed E-state index contributed by atoms with van der Waals surface area (Å²) >= 11 is 0. The van der Waals surface area contributed by atoms with Crippen molar-refractivity contribution in [2.24, 2.45) is 5.92 Å². The van der Waals surface area contributed by atoms with E-state index in [1.807, 2.05) is 0 Å². The van der Waals surface area contributed by atoms with E-state index in [1.54, 1.807) is 0 Å². The quantitative estimate of drug-likeness (QED) is 0.822. The van der Waals surface area contributed by atoms with Gasteiger partial charge in [-0.2, -0.15) is 0 Å². The molecule has 0 amide bonds. The van der Waals surface area contributed by atoms with Crippen LogP contribution in [0.4, 0.5) is 0 Å². The van der Waals surface area contributed by atoms with E-state index in [9.17, 15) is 4.79 Å². The summed E-state index contributed by atoms with van der Waals surface area (Å²) in [4.78, 5) is 10.4. The number of nitrogens with zero attached hydrogens (tertiary/aromatic N) is 2. The molecule has 1 aliphatic rings. The van der Waals surface area contributed by atoms with Gasteiger partial charge in [0.1, 0.15) is 0 Å². The van der Waals surface area contributed by atoms with Crippen LogP contribution in [0.5, 0.6) is 0 Å². The smallest absolute Gasteiger partial charge is 0.303 e. The number of carbonyl (C=O) groups is 1. The second kappa shape index (κ2) is 5.80. The van der Waals surface area contributed by atoms with Gasteiger partial charge in [0.15, 0.2) is 0 Å². The van der Waals surface area contributed by atoms with Gasteiger partial charge in [0.05, 0.1) is 0 Å². The zero-order valence-corrected chi connectivity index (χ0v) is 9.89. The second-order valence-corrected chi connectivity index (χ2v) is 4.69. The molecule has 0 aromatic carbocycles. The number of carboxylic acid groups (broad SMARTS) is 1. The van der Waals surface area contributed by atoms with Crippen LogP contribution in [-0.4, -0.2) is 21.3 Å². The average Bonchev–Trinajstić information content (AvgIpc) is 2.90. The molecule has 0 aliphatic heterocycles. The third kappa shape index (κ3) is 3.84. The van der Waals surface area contributed by atoms with Crippen molar-refractivity contribution in [3.8, 4) is 0 Å². The van der Waals surface area contributed by atoms with Gasteiger partial charge in [0.25, 0.3) is 0 Å². The van der Waals surface area contributed by atoms with Crippen LogP contribution in [0.15, 0.2) is 4.42 Å². The normalized spacial score (nSPS) is 16.5. The molecule has 94 valence electrons. The molecule has 0 bridgehead atoms. The Balaban J connectivity index is 1.76. The van der Waals surface area contributed by atoms with Crippen LogP contribution in [0.1, 0.15) is 50.3 Å². The highest BCUT2D eigenvalue weighted by molar-refractivity contribution is 5.66. The van der Waals surface area contributed by atoms with Crippen molar-refractivity contribution in [2.75, 3.05) is 0 Å². The van der Waals surface area contributed by atoms with E-state index < -0.39 is 5.97 Å². The minimum Gasteiger partial charge on any atom is -0.481 e. The Bertz CT molecular complexity index is 370. The fraction of sp³-hybridized carbons (Fsp3) is 0.750. The lowest BCUT2D eigenvalue weighted by atomic mass is 10.0. The molecule has 0 saturated heterocycles. The van der Waals surface area contributed by atoms with E-state index in [0.717, 1.165) is 6.42 Å². The second-order valence-electron chi connectivity index (χ2n) is 4.69. The van der Waals surface area contributed by atoms with Crippen molar-refractivity contribution in [2.45, 2.75) is 51.4 Å². The Hall–Kier alpha value is -1.39. The Morgan fingerprint density at radius 1 is 1.29 bits per heavy atom. The van der Waals surface area contributed by atoms with Crippen molar-refractivity contribution in [3.05, 3.63) is 11.8 Å². The number of rotatable bonds is 6. The predicted molar refractivity (Wildman–Crippen MR) is 60.5 cm³/mol. The fourth-order valence-corrected chi connectivity index (χ4v) is 2.32. The van der Waals surface area contributed by atoms with Crippen LogP contribution < -0.4 is 0 Å².